The second kappa shape index (κ2) is 5.30. The van der Waals surface area contributed by atoms with Crippen LogP contribution in [0.1, 0.15) is 0 Å². The van der Waals surface area contributed by atoms with Gasteiger partial charge in [-0.25, -0.2) is 0 Å². The lowest BCUT2D eigenvalue weighted by molar-refractivity contribution is 0.00994. The molecule has 0 amide bonds. The molecule has 1 aliphatic rings. The van der Waals surface area contributed by atoms with Gasteiger partial charge in [0.05, 0.1) is 9.51 Å². The Morgan fingerprint density at radius 2 is 2.31 bits per heavy atom. The summed E-state index contributed by atoms with van der Waals surface area (Å²) in [4.78, 5) is 0. The Bertz CT molecular complexity index is 312. The molecule has 1 rings (SSSR count). The van der Waals surface area contributed by atoms with Crippen LogP contribution in [0, 0.1) is 0 Å². The number of rotatable bonds is 3. The van der Waals surface area contributed by atoms with E-state index in [2.05, 4.69) is 21.7 Å². The van der Waals surface area contributed by atoms with Gasteiger partial charge in [-0.2, -0.15) is 0 Å². The molecule has 1 aliphatic carbocycles. The van der Waals surface area contributed by atoms with Gasteiger partial charge in [-0.1, -0.05) is 17.3 Å². The van der Waals surface area contributed by atoms with Crippen molar-refractivity contribution in [2.45, 2.75) is 0 Å². The van der Waals surface area contributed by atoms with Gasteiger partial charge in [-0.05, 0) is 28.1 Å². The summed E-state index contributed by atoms with van der Waals surface area (Å²) in [6.45, 7) is 0.202. The van der Waals surface area contributed by atoms with Crippen LogP contribution in [0.5, 0.6) is 0 Å². The molecule has 0 bridgehead atoms. The van der Waals surface area contributed by atoms with Crippen LogP contribution >= 0.6 is 27.5 Å². The smallest absolute Gasteiger partial charge is 0.188 e. The fourth-order valence-electron chi connectivity index (χ4n) is 0.713. The van der Waals surface area contributed by atoms with E-state index in [4.69, 9.17) is 21.1 Å². The van der Waals surface area contributed by atoms with E-state index in [1.807, 2.05) is 0 Å². The van der Waals surface area contributed by atoms with Crippen molar-refractivity contribution in [1.82, 2.24) is 0 Å². The van der Waals surface area contributed by atoms with Crippen molar-refractivity contribution in [2.75, 3.05) is 13.9 Å². The lowest BCUT2D eigenvalue weighted by Gasteiger charge is -2.04. The predicted octanol–water partition coefficient (Wildman–Crippen LogP) is 3.06. The van der Waals surface area contributed by atoms with Crippen LogP contribution in [-0.4, -0.2) is 13.9 Å². The van der Waals surface area contributed by atoms with E-state index in [1.165, 1.54) is 0 Å². The molecule has 0 atom stereocenters. The van der Waals surface area contributed by atoms with E-state index in [9.17, 15) is 0 Å². The SMILES string of the molecule is COCOC1=C(Br)C=CC(Cl)=C=C1. The molecular weight excluding hydrogens is 255 g/mol. The van der Waals surface area contributed by atoms with Gasteiger partial charge >= 0.3 is 0 Å². The number of allylic oxidation sites excluding steroid dienone is 4. The zero-order chi connectivity index (χ0) is 9.68. The summed E-state index contributed by atoms with van der Waals surface area (Å²) in [5.41, 5.74) is 2.84. The lowest BCUT2D eigenvalue weighted by atomic mass is 10.4. The molecular formula is C9H8BrClO2. The highest BCUT2D eigenvalue weighted by atomic mass is 79.9. The Labute approximate surface area is 90.3 Å². The van der Waals surface area contributed by atoms with Crippen molar-refractivity contribution in [1.29, 1.82) is 0 Å². The van der Waals surface area contributed by atoms with Gasteiger partial charge in [0.15, 0.2) is 6.79 Å². The summed E-state index contributed by atoms with van der Waals surface area (Å²) in [5, 5.41) is 0.535. The molecule has 0 saturated heterocycles. The minimum atomic E-state index is 0.202. The first kappa shape index (κ1) is 10.6. The summed E-state index contributed by atoms with van der Waals surface area (Å²) < 4.78 is 10.8. The molecule has 0 saturated carbocycles. The van der Waals surface area contributed by atoms with E-state index < -0.39 is 0 Å². The molecule has 0 aromatic carbocycles. The van der Waals surface area contributed by atoms with Crippen LogP contribution in [0.4, 0.5) is 0 Å². The van der Waals surface area contributed by atoms with Gasteiger partial charge in [0.1, 0.15) is 5.76 Å². The van der Waals surface area contributed by atoms with Gasteiger partial charge < -0.3 is 9.47 Å². The van der Waals surface area contributed by atoms with Crippen LogP contribution in [0.25, 0.3) is 0 Å². The van der Waals surface area contributed by atoms with Gasteiger partial charge in [0.2, 0.25) is 0 Å². The van der Waals surface area contributed by atoms with E-state index in [0.29, 0.717) is 10.8 Å². The molecule has 13 heavy (non-hydrogen) atoms. The predicted molar refractivity (Wildman–Crippen MR) is 55.5 cm³/mol. The molecule has 2 nitrogen and oxygen atoms in total. The zero-order valence-corrected chi connectivity index (χ0v) is 9.35. The van der Waals surface area contributed by atoms with Crippen molar-refractivity contribution in [3.8, 4) is 0 Å². The Morgan fingerprint density at radius 3 is 3.00 bits per heavy atom. The highest BCUT2D eigenvalue weighted by molar-refractivity contribution is 9.11. The summed E-state index contributed by atoms with van der Waals surface area (Å²) in [7, 11) is 1.56. The monoisotopic (exact) mass is 262 g/mol. The number of methoxy groups -OCH3 is 1. The largest absolute Gasteiger partial charge is 0.466 e. The molecule has 0 aliphatic heterocycles. The molecule has 0 aromatic heterocycles. The van der Waals surface area contributed by atoms with Crippen LogP contribution < -0.4 is 0 Å². The van der Waals surface area contributed by atoms with Gasteiger partial charge in [-0.15, -0.1) is 0 Å². The third-order valence-corrected chi connectivity index (χ3v) is 2.18. The molecule has 0 aromatic rings. The summed E-state index contributed by atoms with van der Waals surface area (Å²) in [6.07, 6.45) is 5.18. The quantitative estimate of drug-likeness (QED) is 0.575. The summed E-state index contributed by atoms with van der Waals surface area (Å²) in [5.74, 6) is 0.647. The molecule has 0 unspecified atom stereocenters. The zero-order valence-electron chi connectivity index (χ0n) is 7.01. The first-order valence-corrected chi connectivity index (χ1v) is 4.73. The minimum Gasteiger partial charge on any atom is -0.466 e. The van der Waals surface area contributed by atoms with Crippen LogP contribution in [0.3, 0.4) is 0 Å². The molecule has 0 heterocycles. The van der Waals surface area contributed by atoms with Gasteiger partial charge in [-0.3, -0.25) is 0 Å². The maximum atomic E-state index is 5.74. The number of hydrogen-bond acceptors (Lipinski definition) is 2. The lowest BCUT2D eigenvalue weighted by Crippen LogP contribution is -1.95. The molecule has 0 fully saturated rings. The average Bonchev–Trinajstić information content (AvgIpc) is 2.28. The molecule has 0 radical (unpaired) electrons. The Kier molecular flexibility index (Phi) is 4.33. The summed E-state index contributed by atoms with van der Waals surface area (Å²) >= 11 is 9.07. The summed E-state index contributed by atoms with van der Waals surface area (Å²) in [6, 6.07) is 0. The highest BCUT2D eigenvalue weighted by Gasteiger charge is 2.01. The fraction of sp³-hybridized carbons (Fsp3) is 0.222. The van der Waals surface area contributed by atoms with Crippen molar-refractivity contribution in [2.24, 2.45) is 0 Å². The Morgan fingerprint density at radius 1 is 1.54 bits per heavy atom. The third kappa shape index (κ3) is 3.41. The van der Waals surface area contributed by atoms with Crippen LogP contribution in [0.15, 0.2) is 39.2 Å². The van der Waals surface area contributed by atoms with E-state index in [1.54, 1.807) is 25.3 Å². The maximum Gasteiger partial charge on any atom is 0.188 e. The second-order valence-electron chi connectivity index (χ2n) is 2.23. The minimum absolute atomic E-state index is 0.202. The van der Waals surface area contributed by atoms with E-state index in [0.717, 1.165) is 4.48 Å². The van der Waals surface area contributed by atoms with Gasteiger partial charge in [0.25, 0.3) is 0 Å². The average molecular weight is 264 g/mol. The van der Waals surface area contributed by atoms with E-state index >= 15 is 0 Å². The maximum absolute atomic E-state index is 5.74. The number of halogens is 2. The normalized spacial score (nSPS) is 15.8. The van der Waals surface area contributed by atoms with E-state index in [-0.39, 0.29) is 6.79 Å². The topological polar surface area (TPSA) is 18.5 Å². The van der Waals surface area contributed by atoms with Crippen molar-refractivity contribution in [3.63, 3.8) is 0 Å². The van der Waals surface area contributed by atoms with Crippen LogP contribution in [-0.2, 0) is 9.47 Å². The molecule has 70 valence electrons. The van der Waals surface area contributed by atoms with Crippen molar-refractivity contribution in [3.05, 3.63) is 39.2 Å². The second-order valence-corrected chi connectivity index (χ2v) is 3.49. The number of ether oxygens (including phenoxy) is 2. The molecule has 0 N–H and O–H groups in total. The Hall–Kier alpha value is -0.470. The highest BCUT2D eigenvalue weighted by Crippen LogP contribution is 2.20. The van der Waals surface area contributed by atoms with Gasteiger partial charge in [0, 0.05) is 13.2 Å². The Balaban J connectivity index is 2.80. The van der Waals surface area contributed by atoms with Crippen molar-refractivity contribution < 1.29 is 9.47 Å². The standard InChI is InChI=1S/C9H8BrClO2/c1-12-6-13-9-5-3-7(11)2-4-8(9)10/h2,4-5H,6H2,1H3. The fourth-order valence-corrected chi connectivity index (χ4v) is 1.19. The molecule has 4 heteroatoms. The van der Waals surface area contributed by atoms with Crippen molar-refractivity contribution >= 4 is 27.5 Å². The first-order chi connectivity index (χ1) is 6.24. The third-order valence-electron chi connectivity index (χ3n) is 1.28. The molecule has 0 spiro atoms. The first-order valence-electron chi connectivity index (χ1n) is 3.56. The number of hydrogen-bond donors (Lipinski definition) is 0. The van der Waals surface area contributed by atoms with Crippen LogP contribution in [0.2, 0.25) is 0 Å².